The van der Waals surface area contributed by atoms with E-state index in [9.17, 15) is 14.0 Å². The summed E-state index contributed by atoms with van der Waals surface area (Å²) in [6.07, 6.45) is 2.78. The molecule has 1 aliphatic rings. The van der Waals surface area contributed by atoms with Crippen LogP contribution < -0.4 is 11.0 Å². The zero-order valence-electron chi connectivity index (χ0n) is 16.2. The molecule has 0 saturated heterocycles. The van der Waals surface area contributed by atoms with Crippen molar-refractivity contribution in [2.75, 3.05) is 26.4 Å². The van der Waals surface area contributed by atoms with Crippen LogP contribution in [0.4, 0.5) is 4.39 Å². The molecule has 1 heterocycles. The molecule has 2 aromatic rings. The summed E-state index contributed by atoms with van der Waals surface area (Å²) in [4.78, 5) is 30.9. The first-order valence-electron chi connectivity index (χ1n) is 9.35. The van der Waals surface area contributed by atoms with E-state index < -0.39 is 0 Å². The molecule has 8 heteroatoms. The molecule has 0 radical (unpaired) electrons. The number of carbonyl (C=O) groups is 1. The number of thioether (sulfide) groups is 1. The molecule has 150 valence electrons. The quantitative estimate of drug-likeness (QED) is 0.537. The molecule has 0 aliphatic heterocycles. The lowest BCUT2D eigenvalue weighted by Gasteiger charge is -2.16. The lowest BCUT2D eigenvalue weighted by Crippen LogP contribution is -2.31. The van der Waals surface area contributed by atoms with Gasteiger partial charge in [0.15, 0.2) is 0 Å². The highest BCUT2D eigenvalue weighted by Crippen LogP contribution is 2.29. The first kappa shape index (κ1) is 20.5. The van der Waals surface area contributed by atoms with Crippen molar-refractivity contribution in [1.82, 2.24) is 19.8 Å². The van der Waals surface area contributed by atoms with Crippen LogP contribution in [0.2, 0.25) is 0 Å². The van der Waals surface area contributed by atoms with Crippen LogP contribution in [0.25, 0.3) is 0 Å². The molecule has 1 aliphatic carbocycles. The largest absolute Gasteiger partial charge is 0.351 e. The van der Waals surface area contributed by atoms with Crippen molar-refractivity contribution >= 4 is 17.7 Å². The van der Waals surface area contributed by atoms with Gasteiger partial charge < -0.3 is 10.2 Å². The fraction of sp³-hybridized carbons (Fsp3) is 0.450. The number of aromatic nitrogens is 2. The molecule has 0 atom stereocenters. The van der Waals surface area contributed by atoms with Crippen LogP contribution in [0.5, 0.6) is 0 Å². The van der Waals surface area contributed by atoms with E-state index in [1.165, 1.54) is 23.9 Å². The van der Waals surface area contributed by atoms with Crippen LogP contribution in [0.15, 0.2) is 34.1 Å². The first-order chi connectivity index (χ1) is 13.4. The van der Waals surface area contributed by atoms with Gasteiger partial charge in [0.2, 0.25) is 5.91 Å². The summed E-state index contributed by atoms with van der Waals surface area (Å²) >= 11 is 1.31. The summed E-state index contributed by atoms with van der Waals surface area (Å²) in [5.74, 6) is -0.243. The number of benzene rings is 1. The van der Waals surface area contributed by atoms with Crippen molar-refractivity contribution in [3.05, 3.63) is 57.4 Å². The Balaban J connectivity index is 1.62. The molecule has 0 fully saturated rings. The lowest BCUT2D eigenvalue weighted by molar-refractivity contribution is -0.118. The fourth-order valence-electron chi connectivity index (χ4n) is 3.22. The van der Waals surface area contributed by atoms with E-state index in [1.807, 2.05) is 19.0 Å². The van der Waals surface area contributed by atoms with Crippen molar-refractivity contribution in [3.63, 3.8) is 0 Å². The summed E-state index contributed by atoms with van der Waals surface area (Å²) in [6, 6.07) is 6.03. The van der Waals surface area contributed by atoms with E-state index in [2.05, 4.69) is 10.3 Å². The molecule has 0 bridgehead atoms. The summed E-state index contributed by atoms with van der Waals surface area (Å²) in [7, 11) is 3.96. The van der Waals surface area contributed by atoms with Crippen molar-refractivity contribution in [2.24, 2.45) is 0 Å². The molecule has 1 N–H and O–H groups in total. The number of amides is 1. The summed E-state index contributed by atoms with van der Waals surface area (Å²) in [6.45, 7) is 1.76. The summed E-state index contributed by atoms with van der Waals surface area (Å²) in [5.41, 5.74) is 2.77. The van der Waals surface area contributed by atoms with Gasteiger partial charge in [0.25, 0.3) is 0 Å². The lowest BCUT2D eigenvalue weighted by atomic mass is 10.2. The fourth-order valence-corrected chi connectivity index (χ4v) is 4.13. The number of halogens is 1. The predicted molar refractivity (Wildman–Crippen MR) is 108 cm³/mol. The molecular formula is C20H25FN4O2S. The number of nitrogens with zero attached hydrogens (tertiary/aromatic N) is 3. The van der Waals surface area contributed by atoms with E-state index in [4.69, 9.17) is 0 Å². The Morgan fingerprint density at radius 1 is 1.29 bits per heavy atom. The molecule has 1 aromatic heterocycles. The predicted octanol–water partition coefficient (Wildman–Crippen LogP) is 1.84. The maximum Gasteiger partial charge on any atom is 0.348 e. The van der Waals surface area contributed by atoms with Crippen molar-refractivity contribution in [1.29, 1.82) is 0 Å². The molecule has 1 amide bonds. The Bertz CT molecular complexity index is 896. The van der Waals surface area contributed by atoms with E-state index in [-0.39, 0.29) is 23.2 Å². The molecule has 3 rings (SSSR count). The number of hydrogen-bond donors (Lipinski definition) is 1. The Hall–Kier alpha value is -2.19. The van der Waals surface area contributed by atoms with E-state index >= 15 is 0 Å². The average molecular weight is 405 g/mol. The third-order valence-electron chi connectivity index (χ3n) is 4.71. The number of carbonyl (C=O) groups excluding carboxylic acids is 1. The van der Waals surface area contributed by atoms with Gasteiger partial charge in [-0.15, -0.1) is 0 Å². The molecule has 0 saturated carbocycles. The van der Waals surface area contributed by atoms with Crippen LogP contribution in [0.3, 0.4) is 0 Å². The van der Waals surface area contributed by atoms with Gasteiger partial charge in [-0.3, -0.25) is 9.36 Å². The first-order valence-corrected chi connectivity index (χ1v) is 10.3. The SMILES string of the molecule is CN(C)CCn1c2c(c(SCC(=O)NCc3ccc(F)cc3)nc1=O)CCC2. The highest BCUT2D eigenvalue weighted by Gasteiger charge is 2.22. The molecular weight excluding hydrogens is 379 g/mol. The Morgan fingerprint density at radius 3 is 2.75 bits per heavy atom. The van der Waals surface area contributed by atoms with Gasteiger partial charge in [0, 0.05) is 30.9 Å². The van der Waals surface area contributed by atoms with Gasteiger partial charge in [-0.05, 0) is 51.1 Å². The second-order valence-electron chi connectivity index (χ2n) is 7.13. The van der Waals surface area contributed by atoms with Gasteiger partial charge in [-0.25, -0.2) is 9.18 Å². The molecule has 0 spiro atoms. The Labute approximate surface area is 168 Å². The monoisotopic (exact) mass is 404 g/mol. The minimum atomic E-state index is -0.300. The average Bonchev–Trinajstić information content (AvgIpc) is 3.14. The summed E-state index contributed by atoms with van der Waals surface area (Å²) < 4.78 is 14.7. The number of rotatable bonds is 8. The van der Waals surface area contributed by atoms with Crippen LogP contribution in [-0.4, -0.2) is 46.8 Å². The molecule has 0 unspecified atom stereocenters. The Morgan fingerprint density at radius 2 is 2.04 bits per heavy atom. The maximum absolute atomic E-state index is 12.9. The van der Waals surface area contributed by atoms with Crippen LogP contribution in [-0.2, 0) is 30.7 Å². The van der Waals surface area contributed by atoms with Gasteiger partial charge >= 0.3 is 5.69 Å². The van der Waals surface area contributed by atoms with E-state index in [0.717, 1.165) is 42.6 Å². The second-order valence-corrected chi connectivity index (χ2v) is 8.09. The van der Waals surface area contributed by atoms with Crippen LogP contribution in [0, 0.1) is 5.82 Å². The zero-order valence-corrected chi connectivity index (χ0v) is 17.0. The van der Waals surface area contributed by atoms with Crippen LogP contribution in [0.1, 0.15) is 23.2 Å². The smallest absolute Gasteiger partial charge is 0.348 e. The maximum atomic E-state index is 12.9. The summed E-state index contributed by atoms with van der Waals surface area (Å²) in [5, 5.41) is 3.49. The molecule has 6 nitrogen and oxygen atoms in total. The van der Waals surface area contributed by atoms with Crippen LogP contribution >= 0.6 is 11.8 Å². The van der Waals surface area contributed by atoms with Gasteiger partial charge in [0.05, 0.1) is 5.75 Å². The van der Waals surface area contributed by atoms with E-state index in [0.29, 0.717) is 18.1 Å². The van der Waals surface area contributed by atoms with Crippen molar-refractivity contribution in [2.45, 2.75) is 37.4 Å². The minimum absolute atomic E-state index is 0.139. The second kappa shape index (κ2) is 9.34. The van der Waals surface area contributed by atoms with Crippen molar-refractivity contribution in [3.8, 4) is 0 Å². The highest BCUT2D eigenvalue weighted by molar-refractivity contribution is 7.99. The molecule has 28 heavy (non-hydrogen) atoms. The standard InChI is InChI=1S/C20H25FN4O2S/c1-24(2)10-11-25-17-5-3-4-16(17)19(23-20(25)27)28-13-18(26)22-12-14-6-8-15(21)9-7-14/h6-9H,3-5,10-13H2,1-2H3,(H,22,26). The highest BCUT2D eigenvalue weighted by atomic mass is 32.2. The van der Waals surface area contributed by atoms with Gasteiger partial charge in [-0.2, -0.15) is 4.98 Å². The molecule has 1 aromatic carbocycles. The number of hydrogen-bond acceptors (Lipinski definition) is 5. The number of likely N-dealkylation sites (N-methyl/N-ethyl adjacent to an activating group) is 1. The van der Waals surface area contributed by atoms with Gasteiger partial charge in [-0.1, -0.05) is 23.9 Å². The van der Waals surface area contributed by atoms with Gasteiger partial charge in [0.1, 0.15) is 10.8 Å². The van der Waals surface area contributed by atoms with E-state index in [1.54, 1.807) is 16.7 Å². The third-order valence-corrected chi connectivity index (χ3v) is 5.73. The number of nitrogens with one attached hydrogen (secondary N) is 1. The minimum Gasteiger partial charge on any atom is -0.351 e. The Kier molecular flexibility index (Phi) is 6.85. The number of fused-ring (bicyclic) bond motifs is 1. The zero-order chi connectivity index (χ0) is 20.1. The normalized spacial score (nSPS) is 13.0. The van der Waals surface area contributed by atoms with Crippen molar-refractivity contribution < 1.29 is 9.18 Å². The topological polar surface area (TPSA) is 67.2 Å². The third kappa shape index (κ3) is 5.20.